The average molecular weight is 245 g/mol. The van der Waals surface area contributed by atoms with E-state index >= 15 is 0 Å². The maximum atomic E-state index is 12.5. The van der Waals surface area contributed by atoms with E-state index in [9.17, 15) is 13.6 Å². The van der Waals surface area contributed by atoms with Crippen LogP contribution in [0.4, 0.5) is 20.4 Å². The summed E-state index contributed by atoms with van der Waals surface area (Å²) in [5.41, 5.74) is 10.5. The van der Waals surface area contributed by atoms with Crippen LogP contribution in [0.25, 0.3) is 0 Å². The van der Waals surface area contributed by atoms with Crippen molar-refractivity contribution in [1.82, 2.24) is 4.98 Å². The third-order valence-electron chi connectivity index (χ3n) is 2.07. The minimum Gasteiger partial charge on any atom is -0.466 e. The van der Waals surface area contributed by atoms with E-state index in [0.29, 0.717) is 0 Å². The van der Waals surface area contributed by atoms with Crippen molar-refractivity contribution in [3.05, 3.63) is 17.2 Å². The molecule has 17 heavy (non-hydrogen) atoms. The van der Waals surface area contributed by atoms with Gasteiger partial charge in [0.1, 0.15) is 11.6 Å². The number of hydrogen-bond donors (Lipinski definition) is 2. The molecule has 0 bridgehead atoms. The van der Waals surface area contributed by atoms with Crippen LogP contribution in [0.1, 0.15) is 24.5 Å². The number of esters is 1. The average Bonchev–Trinajstić information content (AvgIpc) is 2.21. The highest BCUT2D eigenvalue weighted by Gasteiger charge is 2.17. The number of nitrogens with two attached hydrogens (primary N) is 2. The number of ether oxygens (including phenoxy) is 1. The first-order valence-corrected chi connectivity index (χ1v) is 4.94. The van der Waals surface area contributed by atoms with Crippen LogP contribution in [-0.4, -0.2) is 17.6 Å². The van der Waals surface area contributed by atoms with E-state index in [1.165, 1.54) is 0 Å². The van der Waals surface area contributed by atoms with E-state index in [2.05, 4.69) is 4.98 Å². The van der Waals surface area contributed by atoms with E-state index in [-0.39, 0.29) is 30.2 Å². The lowest BCUT2D eigenvalue weighted by Gasteiger charge is -2.09. The molecule has 1 aromatic rings. The molecule has 0 unspecified atom stereocenters. The highest BCUT2D eigenvalue weighted by molar-refractivity contribution is 5.74. The Morgan fingerprint density at radius 1 is 1.47 bits per heavy atom. The molecule has 0 aliphatic rings. The Labute approximate surface area is 96.8 Å². The topological polar surface area (TPSA) is 91.2 Å². The lowest BCUT2D eigenvalue weighted by Crippen LogP contribution is -2.12. The number of nitrogen functional groups attached to an aromatic ring is 2. The summed E-state index contributed by atoms with van der Waals surface area (Å²) in [5, 5.41) is 0. The summed E-state index contributed by atoms with van der Waals surface area (Å²) in [6, 6.07) is 1.08. The summed E-state index contributed by atoms with van der Waals surface area (Å²) in [4.78, 5) is 14.8. The second-order valence-electron chi connectivity index (χ2n) is 3.29. The fourth-order valence-electron chi connectivity index (χ4n) is 1.29. The Balaban J connectivity index is 2.99. The minimum absolute atomic E-state index is 0.0417. The van der Waals surface area contributed by atoms with Gasteiger partial charge >= 0.3 is 5.97 Å². The first-order chi connectivity index (χ1) is 7.95. The number of hydrogen-bond acceptors (Lipinski definition) is 5. The molecule has 5 nitrogen and oxygen atoms in total. The zero-order valence-corrected chi connectivity index (χ0v) is 9.24. The molecule has 0 saturated carbocycles. The van der Waals surface area contributed by atoms with E-state index in [1.54, 1.807) is 6.92 Å². The lowest BCUT2D eigenvalue weighted by atomic mass is 10.1. The maximum Gasteiger partial charge on any atom is 0.310 e. The van der Waals surface area contributed by atoms with Crippen LogP contribution in [0.5, 0.6) is 0 Å². The zero-order valence-electron chi connectivity index (χ0n) is 9.24. The Morgan fingerprint density at radius 2 is 2.12 bits per heavy atom. The zero-order chi connectivity index (χ0) is 13.0. The molecular formula is C10H13F2N3O2. The quantitative estimate of drug-likeness (QED) is 0.780. The van der Waals surface area contributed by atoms with E-state index in [4.69, 9.17) is 16.2 Å². The summed E-state index contributed by atoms with van der Waals surface area (Å²) in [6.07, 6.45) is -2.96. The number of carbonyl (C=O) groups is 1. The fraction of sp³-hybridized carbons (Fsp3) is 0.400. The second kappa shape index (κ2) is 5.42. The van der Waals surface area contributed by atoms with Gasteiger partial charge in [0.15, 0.2) is 0 Å². The molecule has 0 aliphatic heterocycles. The van der Waals surface area contributed by atoms with Gasteiger partial charge in [-0.05, 0) is 13.0 Å². The Kier molecular flexibility index (Phi) is 4.19. The molecule has 4 N–H and O–H groups in total. The van der Waals surface area contributed by atoms with Gasteiger partial charge in [-0.2, -0.15) is 0 Å². The summed E-state index contributed by atoms with van der Waals surface area (Å²) >= 11 is 0. The van der Waals surface area contributed by atoms with Gasteiger partial charge in [0.05, 0.1) is 18.6 Å². The van der Waals surface area contributed by atoms with Crippen molar-refractivity contribution in [3.63, 3.8) is 0 Å². The largest absolute Gasteiger partial charge is 0.466 e. The van der Waals surface area contributed by atoms with E-state index in [1.807, 2.05) is 0 Å². The summed E-state index contributed by atoms with van der Waals surface area (Å²) < 4.78 is 29.8. The van der Waals surface area contributed by atoms with Crippen LogP contribution in [0.3, 0.4) is 0 Å². The number of nitrogens with zero attached hydrogens (tertiary/aromatic N) is 1. The molecule has 0 atom stereocenters. The summed E-state index contributed by atoms with van der Waals surface area (Å²) in [6.45, 7) is 1.86. The van der Waals surface area contributed by atoms with E-state index in [0.717, 1.165) is 6.07 Å². The van der Waals surface area contributed by atoms with Gasteiger partial charge in [-0.25, -0.2) is 13.8 Å². The molecule has 0 fully saturated rings. The first kappa shape index (κ1) is 13.1. The van der Waals surface area contributed by atoms with Crippen LogP contribution in [0.15, 0.2) is 6.07 Å². The summed E-state index contributed by atoms with van der Waals surface area (Å²) in [7, 11) is 0. The molecule has 0 amide bonds. The fourth-order valence-corrected chi connectivity index (χ4v) is 1.29. The first-order valence-electron chi connectivity index (χ1n) is 4.94. The normalized spacial score (nSPS) is 10.6. The molecule has 1 rings (SSSR count). The van der Waals surface area contributed by atoms with Gasteiger partial charge < -0.3 is 16.2 Å². The van der Waals surface area contributed by atoms with Crippen LogP contribution >= 0.6 is 0 Å². The Bertz CT molecular complexity index is 424. The second-order valence-corrected chi connectivity index (χ2v) is 3.29. The third kappa shape index (κ3) is 3.27. The molecular weight excluding hydrogens is 232 g/mol. The monoisotopic (exact) mass is 245 g/mol. The standard InChI is InChI=1S/C10H13F2N3O2/c1-2-17-7(16)4-5-3-6(8(11)12)10(14)15-9(5)13/h3,8H,2,4H2,1H3,(H4,13,14,15). The molecule has 1 aromatic heterocycles. The number of anilines is 2. The van der Waals surface area contributed by atoms with Gasteiger partial charge in [0.2, 0.25) is 0 Å². The van der Waals surface area contributed by atoms with Crippen molar-refractivity contribution in [2.24, 2.45) is 0 Å². The molecule has 0 radical (unpaired) electrons. The minimum atomic E-state index is -2.76. The summed E-state index contributed by atoms with van der Waals surface area (Å²) in [5.74, 6) is -0.920. The predicted octanol–water partition coefficient (Wildman–Crippen LogP) is 1.29. The maximum absolute atomic E-state index is 12.5. The van der Waals surface area contributed by atoms with Crippen LogP contribution in [0, 0.1) is 0 Å². The highest BCUT2D eigenvalue weighted by atomic mass is 19.3. The Morgan fingerprint density at radius 3 is 2.65 bits per heavy atom. The van der Waals surface area contributed by atoms with Crippen molar-refractivity contribution >= 4 is 17.6 Å². The van der Waals surface area contributed by atoms with E-state index < -0.39 is 18.0 Å². The molecule has 0 aliphatic carbocycles. The number of rotatable bonds is 4. The van der Waals surface area contributed by atoms with Crippen LogP contribution < -0.4 is 11.5 Å². The molecule has 0 spiro atoms. The number of pyridine rings is 1. The molecule has 0 saturated heterocycles. The van der Waals surface area contributed by atoms with Crippen LogP contribution in [-0.2, 0) is 16.0 Å². The highest BCUT2D eigenvalue weighted by Crippen LogP contribution is 2.27. The number of halogens is 2. The molecule has 0 aromatic carbocycles. The van der Waals surface area contributed by atoms with Crippen molar-refractivity contribution in [2.75, 3.05) is 18.1 Å². The van der Waals surface area contributed by atoms with Crippen molar-refractivity contribution in [3.8, 4) is 0 Å². The van der Waals surface area contributed by atoms with Gasteiger partial charge in [-0.15, -0.1) is 0 Å². The van der Waals surface area contributed by atoms with Crippen molar-refractivity contribution < 1.29 is 18.3 Å². The number of carbonyl (C=O) groups excluding carboxylic acids is 1. The smallest absolute Gasteiger partial charge is 0.310 e. The number of aromatic nitrogens is 1. The molecule has 94 valence electrons. The van der Waals surface area contributed by atoms with Crippen molar-refractivity contribution in [2.45, 2.75) is 19.8 Å². The molecule has 1 heterocycles. The van der Waals surface area contributed by atoms with Gasteiger partial charge in [0, 0.05) is 5.56 Å². The van der Waals surface area contributed by atoms with Crippen molar-refractivity contribution in [1.29, 1.82) is 0 Å². The number of alkyl halides is 2. The molecule has 7 heteroatoms. The lowest BCUT2D eigenvalue weighted by molar-refractivity contribution is -0.142. The predicted molar refractivity (Wildman–Crippen MR) is 58.4 cm³/mol. The van der Waals surface area contributed by atoms with Crippen LogP contribution in [0.2, 0.25) is 0 Å². The SMILES string of the molecule is CCOC(=O)Cc1cc(C(F)F)c(N)nc1N. The Hall–Kier alpha value is -1.92. The van der Waals surface area contributed by atoms with Gasteiger partial charge in [-0.3, -0.25) is 4.79 Å². The van der Waals surface area contributed by atoms with Gasteiger partial charge in [0.25, 0.3) is 6.43 Å². The van der Waals surface area contributed by atoms with Gasteiger partial charge in [-0.1, -0.05) is 0 Å². The third-order valence-corrected chi connectivity index (χ3v) is 2.07.